The third kappa shape index (κ3) is 3.01. The molecule has 0 spiro atoms. The molecule has 3 aromatic rings. The number of fused-ring (bicyclic) bond motifs is 2. The Morgan fingerprint density at radius 2 is 1.77 bits per heavy atom. The number of aromatic amines is 1. The Bertz CT molecular complexity index is 933. The van der Waals surface area contributed by atoms with E-state index in [0.29, 0.717) is 13.0 Å². The van der Waals surface area contributed by atoms with Gasteiger partial charge in [0.1, 0.15) is 0 Å². The highest BCUT2D eigenvalue weighted by Gasteiger charge is 2.38. The van der Waals surface area contributed by atoms with Crippen molar-refractivity contribution in [2.24, 2.45) is 0 Å². The number of hydrogen-bond acceptors (Lipinski definition) is 2. The Balaban J connectivity index is 1.55. The second kappa shape index (κ2) is 6.61. The van der Waals surface area contributed by atoms with Crippen LogP contribution in [-0.4, -0.2) is 30.1 Å². The van der Waals surface area contributed by atoms with Gasteiger partial charge in [-0.25, -0.2) is 0 Å². The van der Waals surface area contributed by atoms with Gasteiger partial charge in [0.2, 0.25) is 5.91 Å². The number of rotatable bonds is 5. The van der Waals surface area contributed by atoms with Crippen molar-refractivity contribution < 1.29 is 9.53 Å². The average Bonchev–Trinajstić information content (AvgIpc) is 3.12. The molecule has 1 aromatic heterocycles. The molecule has 0 fully saturated rings. The van der Waals surface area contributed by atoms with Gasteiger partial charge in [0.25, 0.3) is 0 Å². The first-order chi connectivity index (χ1) is 12.6. The molecule has 2 aromatic carbocycles. The summed E-state index contributed by atoms with van der Waals surface area (Å²) in [5.41, 5.74) is 5.45. The lowest BCUT2D eigenvalue weighted by Crippen LogP contribution is -2.53. The first kappa shape index (κ1) is 16.9. The number of aromatic nitrogens is 1. The molecule has 0 bridgehead atoms. The van der Waals surface area contributed by atoms with Crippen molar-refractivity contribution in [3.05, 3.63) is 70.9 Å². The molecule has 0 unspecified atom stereocenters. The molecule has 0 atom stereocenters. The maximum absolute atomic E-state index is 12.9. The number of carbonyl (C=O) groups is 1. The molecule has 4 rings (SSSR count). The summed E-state index contributed by atoms with van der Waals surface area (Å²) in [6, 6.07) is 16.5. The molecule has 0 aliphatic heterocycles. The van der Waals surface area contributed by atoms with Gasteiger partial charge < -0.3 is 15.0 Å². The Morgan fingerprint density at radius 3 is 2.46 bits per heavy atom. The van der Waals surface area contributed by atoms with Crippen molar-refractivity contribution in [1.29, 1.82) is 0 Å². The maximum Gasteiger partial charge on any atom is 0.225 e. The zero-order valence-corrected chi connectivity index (χ0v) is 15.3. The lowest BCUT2D eigenvalue weighted by atomic mass is 9.95. The van der Waals surface area contributed by atoms with Crippen LogP contribution in [-0.2, 0) is 28.8 Å². The molecule has 2 N–H and O–H groups in total. The van der Waals surface area contributed by atoms with E-state index < -0.39 is 0 Å². The molecule has 0 saturated heterocycles. The first-order valence-corrected chi connectivity index (χ1v) is 9.03. The summed E-state index contributed by atoms with van der Waals surface area (Å²) in [6.07, 6.45) is 2.00. The quantitative estimate of drug-likeness (QED) is 0.743. The number of H-pyrrole nitrogens is 1. The van der Waals surface area contributed by atoms with Crippen LogP contribution in [0.3, 0.4) is 0 Å². The van der Waals surface area contributed by atoms with E-state index in [1.807, 2.05) is 25.1 Å². The summed E-state index contributed by atoms with van der Waals surface area (Å²) in [4.78, 5) is 16.3. The van der Waals surface area contributed by atoms with Crippen LogP contribution in [0, 0.1) is 6.92 Å². The Labute approximate surface area is 153 Å². The first-order valence-electron chi connectivity index (χ1n) is 9.03. The minimum absolute atomic E-state index is 0.0442. The van der Waals surface area contributed by atoms with Crippen LogP contribution in [0.5, 0.6) is 0 Å². The summed E-state index contributed by atoms with van der Waals surface area (Å²) in [7, 11) is 1.70. The third-order valence-electron chi connectivity index (χ3n) is 5.37. The maximum atomic E-state index is 12.9. The second-order valence-electron chi connectivity index (χ2n) is 7.33. The van der Waals surface area contributed by atoms with Crippen molar-refractivity contribution in [2.75, 3.05) is 13.7 Å². The molecule has 1 heterocycles. The Morgan fingerprint density at radius 1 is 1.12 bits per heavy atom. The molecule has 1 aliphatic rings. The van der Waals surface area contributed by atoms with Gasteiger partial charge in [0.15, 0.2) is 0 Å². The third-order valence-corrected chi connectivity index (χ3v) is 5.37. The van der Waals surface area contributed by atoms with E-state index in [-0.39, 0.29) is 11.4 Å². The predicted octanol–water partition coefficient (Wildman–Crippen LogP) is 3.32. The van der Waals surface area contributed by atoms with Crippen molar-refractivity contribution in [3.63, 3.8) is 0 Å². The standard InChI is InChI=1S/C22H24N2O2/c1-15-19(18-9-5-6-10-20(18)23-15)11-21(25)24-22(14-26-2)12-16-7-3-4-8-17(16)13-22/h3-10,23H,11-14H2,1-2H3,(H,24,25). The number of aryl methyl sites for hydroxylation is 1. The minimum Gasteiger partial charge on any atom is -0.382 e. The smallest absolute Gasteiger partial charge is 0.225 e. The number of methoxy groups -OCH3 is 1. The largest absolute Gasteiger partial charge is 0.382 e. The summed E-state index contributed by atoms with van der Waals surface area (Å²) in [6.45, 7) is 2.54. The number of hydrogen-bond donors (Lipinski definition) is 2. The van der Waals surface area contributed by atoms with Gasteiger partial charge in [0, 0.05) is 23.7 Å². The van der Waals surface area contributed by atoms with Crippen LogP contribution in [0.15, 0.2) is 48.5 Å². The number of nitrogens with one attached hydrogen (secondary N) is 2. The topological polar surface area (TPSA) is 54.1 Å². The van der Waals surface area contributed by atoms with E-state index in [1.54, 1.807) is 7.11 Å². The van der Waals surface area contributed by atoms with Crippen LogP contribution in [0.1, 0.15) is 22.4 Å². The summed E-state index contributed by atoms with van der Waals surface area (Å²) in [5.74, 6) is 0.0442. The van der Waals surface area contributed by atoms with Crippen LogP contribution >= 0.6 is 0 Å². The fourth-order valence-electron chi connectivity index (χ4n) is 4.26. The lowest BCUT2D eigenvalue weighted by Gasteiger charge is -2.29. The molecular formula is C22H24N2O2. The number of para-hydroxylation sites is 1. The SMILES string of the molecule is COCC1(NC(=O)Cc2c(C)[nH]c3ccccc23)Cc2ccccc2C1. The second-order valence-corrected chi connectivity index (χ2v) is 7.33. The Hall–Kier alpha value is -2.59. The number of carbonyl (C=O) groups excluding carboxylic acids is 1. The highest BCUT2D eigenvalue weighted by molar-refractivity contribution is 5.90. The molecule has 134 valence electrons. The highest BCUT2D eigenvalue weighted by atomic mass is 16.5. The van der Waals surface area contributed by atoms with Crippen LogP contribution in [0.2, 0.25) is 0 Å². The predicted molar refractivity (Wildman–Crippen MR) is 103 cm³/mol. The van der Waals surface area contributed by atoms with Gasteiger partial charge in [-0.1, -0.05) is 42.5 Å². The molecule has 0 radical (unpaired) electrons. The van der Waals surface area contributed by atoms with Gasteiger partial charge in [-0.3, -0.25) is 4.79 Å². The molecule has 4 heteroatoms. The zero-order chi connectivity index (χ0) is 18.1. The van der Waals surface area contributed by atoms with Gasteiger partial charge in [0.05, 0.1) is 18.6 Å². The normalized spacial score (nSPS) is 15.2. The minimum atomic E-state index is -0.352. The van der Waals surface area contributed by atoms with Gasteiger partial charge in [-0.15, -0.1) is 0 Å². The zero-order valence-electron chi connectivity index (χ0n) is 15.3. The number of ether oxygens (including phenoxy) is 1. The highest BCUT2D eigenvalue weighted by Crippen LogP contribution is 2.31. The van der Waals surface area contributed by atoms with Crippen molar-refractivity contribution in [3.8, 4) is 0 Å². The van der Waals surface area contributed by atoms with Crippen LogP contribution < -0.4 is 5.32 Å². The fourth-order valence-corrected chi connectivity index (χ4v) is 4.26. The summed E-state index contributed by atoms with van der Waals surface area (Å²) in [5, 5.41) is 4.41. The van der Waals surface area contributed by atoms with Crippen LogP contribution in [0.4, 0.5) is 0 Å². The van der Waals surface area contributed by atoms with Gasteiger partial charge in [-0.05, 0) is 42.5 Å². The van der Waals surface area contributed by atoms with E-state index in [9.17, 15) is 4.79 Å². The number of amides is 1. The molecule has 0 saturated carbocycles. The summed E-state index contributed by atoms with van der Waals surface area (Å²) < 4.78 is 5.47. The summed E-state index contributed by atoms with van der Waals surface area (Å²) >= 11 is 0. The van der Waals surface area contributed by atoms with E-state index in [4.69, 9.17) is 4.74 Å². The monoisotopic (exact) mass is 348 g/mol. The van der Waals surface area contributed by atoms with Crippen molar-refractivity contribution in [2.45, 2.75) is 31.7 Å². The molecule has 1 aliphatic carbocycles. The van der Waals surface area contributed by atoms with Crippen molar-refractivity contribution >= 4 is 16.8 Å². The van der Waals surface area contributed by atoms with Gasteiger partial charge >= 0.3 is 0 Å². The molecule has 1 amide bonds. The van der Waals surface area contributed by atoms with E-state index in [1.165, 1.54) is 11.1 Å². The molecule has 26 heavy (non-hydrogen) atoms. The lowest BCUT2D eigenvalue weighted by molar-refractivity contribution is -0.123. The molecule has 4 nitrogen and oxygen atoms in total. The van der Waals surface area contributed by atoms with Crippen LogP contribution in [0.25, 0.3) is 10.9 Å². The van der Waals surface area contributed by atoms with E-state index in [0.717, 1.165) is 35.0 Å². The number of benzene rings is 2. The van der Waals surface area contributed by atoms with E-state index in [2.05, 4.69) is 40.6 Å². The van der Waals surface area contributed by atoms with Gasteiger partial charge in [-0.2, -0.15) is 0 Å². The van der Waals surface area contributed by atoms with E-state index >= 15 is 0 Å². The average molecular weight is 348 g/mol. The molecular weight excluding hydrogens is 324 g/mol. The van der Waals surface area contributed by atoms with Crippen molar-refractivity contribution in [1.82, 2.24) is 10.3 Å². The Kier molecular flexibility index (Phi) is 4.29. The fraction of sp³-hybridized carbons (Fsp3) is 0.318.